The predicted octanol–water partition coefficient (Wildman–Crippen LogP) is 4.47. The van der Waals surface area contributed by atoms with Crippen LogP contribution in [0, 0.1) is 0 Å². The van der Waals surface area contributed by atoms with Gasteiger partial charge in [-0.15, -0.1) is 0 Å². The molecule has 0 heterocycles. The van der Waals surface area contributed by atoms with Crippen molar-refractivity contribution in [3.8, 4) is 11.5 Å². The van der Waals surface area contributed by atoms with Crippen LogP contribution in [0.1, 0.15) is 16.7 Å². The Morgan fingerprint density at radius 2 is 1.88 bits per heavy atom. The van der Waals surface area contributed by atoms with Crippen LogP contribution in [0.15, 0.2) is 40.9 Å². The summed E-state index contributed by atoms with van der Waals surface area (Å²) in [6.45, 7) is -0.606. The second-order valence-electron chi connectivity index (χ2n) is 5.09. The summed E-state index contributed by atoms with van der Waals surface area (Å²) in [7, 11) is 1.27. The molecule has 4 nitrogen and oxygen atoms in total. The van der Waals surface area contributed by atoms with Gasteiger partial charge in [-0.25, -0.2) is 0 Å². The smallest absolute Gasteiger partial charge is 0.416 e. The highest BCUT2D eigenvalue weighted by atomic mass is 79.9. The first-order valence-electron chi connectivity index (χ1n) is 7.08. The number of rotatable bonds is 5. The van der Waals surface area contributed by atoms with Gasteiger partial charge < -0.3 is 14.6 Å². The summed E-state index contributed by atoms with van der Waals surface area (Å²) in [5, 5.41) is 9.32. The number of carbonyl (C=O) groups excluding carboxylic acids is 1. The average Bonchev–Trinajstić information content (AvgIpc) is 2.57. The lowest BCUT2D eigenvalue weighted by Crippen LogP contribution is -2.06. The Hall–Kier alpha value is -2.06. The SMILES string of the molecule is COC(=O)Cc1cc(Oc2ccc(C(F)(F)F)cc2CO)ccc1Br. The lowest BCUT2D eigenvalue weighted by molar-refractivity contribution is -0.140. The second-order valence-corrected chi connectivity index (χ2v) is 5.94. The number of esters is 1. The van der Waals surface area contributed by atoms with Gasteiger partial charge in [0.05, 0.1) is 25.7 Å². The number of carbonyl (C=O) groups is 1. The van der Waals surface area contributed by atoms with Crippen molar-refractivity contribution in [2.24, 2.45) is 0 Å². The number of hydrogen-bond acceptors (Lipinski definition) is 4. The third-order valence-electron chi connectivity index (χ3n) is 3.37. The summed E-state index contributed by atoms with van der Waals surface area (Å²) in [6.07, 6.45) is -4.50. The van der Waals surface area contributed by atoms with Crippen molar-refractivity contribution >= 4 is 21.9 Å². The van der Waals surface area contributed by atoms with E-state index in [0.29, 0.717) is 15.8 Å². The van der Waals surface area contributed by atoms with Crippen molar-refractivity contribution in [3.63, 3.8) is 0 Å². The highest BCUT2D eigenvalue weighted by molar-refractivity contribution is 9.10. The van der Waals surface area contributed by atoms with Crippen LogP contribution in [-0.4, -0.2) is 18.2 Å². The summed E-state index contributed by atoms with van der Waals surface area (Å²) in [4.78, 5) is 11.4. The molecule has 0 aliphatic rings. The fourth-order valence-corrected chi connectivity index (χ4v) is 2.47. The van der Waals surface area contributed by atoms with Crippen molar-refractivity contribution in [1.29, 1.82) is 0 Å². The van der Waals surface area contributed by atoms with E-state index in [1.165, 1.54) is 7.11 Å². The van der Waals surface area contributed by atoms with Crippen LogP contribution in [-0.2, 0) is 28.7 Å². The molecule has 8 heteroatoms. The lowest BCUT2D eigenvalue weighted by Gasteiger charge is -2.14. The molecule has 0 amide bonds. The van der Waals surface area contributed by atoms with Crippen LogP contribution in [0.25, 0.3) is 0 Å². The quantitative estimate of drug-likeness (QED) is 0.727. The summed E-state index contributed by atoms with van der Waals surface area (Å²) in [5.41, 5.74) is -0.264. The van der Waals surface area contributed by atoms with Gasteiger partial charge in [0, 0.05) is 10.0 Å². The molecule has 0 atom stereocenters. The molecule has 134 valence electrons. The molecule has 0 radical (unpaired) electrons. The molecule has 1 N–H and O–H groups in total. The predicted molar refractivity (Wildman–Crippen MR) is 87.3 cm³/mol. The Morgan fingerprint density at radius 3 is 2.48 bits per heavy atom. The van der Waals surface area contributed by atoms with E-state index in [1.54, 1.807) is 18.2 Å². The summed E-state index contributed by atoms with van der Waals surface area (Å²) in [6, 6.07) is 7.67. The van der Waals surface area contributed by atoms with Crippen molar-refractivity contribution in [2.45, 2.75) is 19.2 Å². The largest absolute Gasteiger partial charge is 0.469 e. The third-order valence-corrected chi connectivity index (χ3v) is 4.14. The first-order chi connectivity index (χ1) is 11.7. The van der Waals surface area contributed by atoms with Crippen molar-refractivity contribution in [3.05, 3.63) is 57.6 Å². The molecule has 0 saturated heterocycles. The zero-order chi connectivity index (χ0) is 18.6. The van der Waals surface area contributed by atoms with Gasteiger partial charge in [-0.3, -0.25) is 4.79 Å². The van der Waals surface area contributed by atoms with Crippen LogP contribution in [0.3, 0.4) is 0 Å². The van der Waals surface area contributed by atoms with Gasteiger partial charge >= 0.3 is 12.1 Å². The molecule has 0 aliphatic heterocycles. The Kier molecular flexibility index (Phi) is 6.07. The minimum atomic E-state index is -4.51. The van der Waals surface area contributed by atoms with Crippen LogP contribution in [0.4, 0.5) is 13.2 Å². The Morgan fingerprint density at radius 1 is 1.16 bits per heavy atom. The molecule has 0 spiro atoms. The van der Waals surface area contributed by atoms with E-state index < -0.39 is 24.3 Å². The summed E-state index contributed by atoms with van der Waals surface area (Å²) < 4.78 is 49.1. The molecular formula is C17H14BrF3O4. The fourth-order valence-electron chi connectivity index (χ4n) is 2.08. The molecule has 2 aromatic rings. The normalized spacial score (nSPS) is 11.3. The van der Waals surface area contributed by atoms with Crippen molar-refractivity contribution < 1.29 is 32.5 Å². The average molecular weight is 419 g/mol. The van der Waals surface area contributed by atoms with Gasteiger partial charge in [-0.2, -0.15) is 13.2 Å². The Labute approximate surface area is 150 Å². The van der Waals surface area contributed by atoms with E-state index in [0.717, 1.165) is 18.2 Å². The Bertz CT molecular complexity index is 775. The zero-order valence-electron chi connectivity index (χ0n) is 13.1. The molecule has 0 aliphatic carbocycles. The van der Waals surface area contributed by atoms with Gasteiger partial charge in [-0.05, 0) is 42.0 Å². The molecule has 2 rings (SSSR count). The maximum Gasteiger partial charge on any atom is 0.416 e. The van der Waals surface area contributed by atoms with E-state index in [1.807, 2.05) is 0 Å². The fraction of sp³-hybridized carbons (Fsp3) is 0.235. The maximum atomic E-state index is 12.7. The van der Waals surface area contributed by atoms with Crippen LogP contribution in [0.5, 0.6) is 11.5 Å². The summed E-state index contributed by atoms with van der Waals surface area (Å²) in [5.74, 6) is -0.0261. The molecule has 25 heavy (non-hydrogen) atoms. The van der Waals surface area contributed by atoms with Crippen molar-refractivity contribution in [2.75, 3.05) is 7.11 Å². The third kappa shape index (κ3) is 4.96. The van der Waals surface area contributed by atoms with E-state index >= 15 is 0 Å². The van der Waals surface area contributed by atoms with Gasteiger partial charge in [0.2, 0.25) is 0 Å². The number of ether oxygens (including phenoxy) is 2. The maximum absolute atomic E-state index is 12.7. The van der Waals surface area contributed by atoms with Crippen LogP contribution < -0.4 is 4.74 Å². The molecule has 2 aromatic carbocycles. The molecule has 0 bridgehead atoms. The number of hydrogen-bond donors (Lipinski definition) is 1. The van der Waals surface area contributed by atoms with Crippen molar-refractivity contribution in [1.82, 2.24) is 0 Å². The highest BCUT2D eigenvalue weighted by Crippen LogP contribution is 2.35. The highest BCUT2D eigenvalue weighted by Gasteiger charge is 2.31. The van der Waals surface area contributed by atoms with Crippen LogP contribution >= 0.6 is 15.9 Å². The number of methoxy groups -OCH3 is 1. The molecular weight excluding hydrogens is 405 g/mol. The van der Waals surface area contributed by atoms with Crippen LogP contribution in [0.2, 0.25) is 0 Å². The number of benzene rings is 2. The zero-order valence-corrected chi connectivity index (χ0v) is 14.6. The topological polar surface area (TPSA) is 55.8 Å². The molecule has 0 unspecified atom stereocenters. The van der Waals surface area contributed by atoms with E-state index in [4.69, 9.17) is 4.74 Å². The van der Waals surface area contributed by atoms with Gasteiger partial charge in [-0.1, -0.05) is 15.9 Å². The standard InChI is InChI=1S/C17H14BrF3O4/c1-24-16(23)8-10-7-13(3-4-14(10)18)25-15-5-2-12(17(19,20)21)6-11(15)9-22/h2-7,22H,8-9H2,1H3. The first kappa shape index (κ1) is 19.3. The molecule has 0 saturated carbocycles. The minimum absolute atomic E-state index is 0.00672. The molecule has 0 aromatic heterocycles. The first-order valence-corrected chi connectivity index (χ1v) is 7.88. The minimum Gasteiger partial charge on any atom is -0.469 e. The number of aliphatic hydroxyl groups is 1. The number of halogens is 4. The molecule has 0 fully saturated rings. The lowest BCUT2D eigenvalue weighted by atomic mass is 10.1. The second kappa shape index (κ2) is 7.88. The summed E-state index contributed by atoms with van der Waals surface area (Å²) >= 11 is 3.30. The Balaban J connectivity index is 2.30. The van der Waals surface area contributed by atoms with Gasteiger partial charge in [0.15, 0.2) is 0 Å². The van der Waals surface area contributed by atoms with E-state index in [2.05, 4.69) is 20.7 Å². The van der Waals surface area contributed by atoms with E-state index in [9.17, 15) is 23.1 Å². The van der Waals surface area contributed by atoms with E-state index in [-0.39, 0.29) is 17.7 Å². The monoisotopic (exact) mass is 418 g/mol. The number of alkyl halides is 3. The number of aliphatic hydroxyl groups excluding tert-OH is 1. The van der Waals surface area contributed by atoms with Gasteiger partial charge in [0.25, 0.3) is 0 Å². The van der Waals surface area contributed by atoms with Gasteiger partial charge in [0.1, 0.15) is 11.5 Å².